The lowest BCUT2D eigenvalue weighted by Crippen LogP contribution is -2.49. The number of sulfonamides is 1. The van der Waals surface area contributed by atoms with E-state index >= 15 is 0 Å². The average molecular weight is 547 g/mol. The lowest BCUT2D eigenvalue weighted by atomic mass is 10.1. The van der Waals surface area contributed by atoms with Crippen LogP contribution in [0.1, 0.15) is 17.1 Å². The van der Waals surface area contributed by atoms with E-state index in [2.05, 4.69) is 35.1 Å². The maximum Gasteiger partial charge on any atom is 0.243 e. The Balaban J connectivity index is 1.24. The normalized spacial score (nSPS) is 14.8. The van der Waals surface area contributed by atoms with E-state index in [-0.39, 0.29) is 11.5 Å². The number of piperazine rings is 1. The van der Waals surface area contributed by atoms with Crippen LogP contribution in [0.15, 0.2) is 71.9 Å². The molecule has 3 aromatic heterocycles. The molecule has 2 N–H and O–H groups in total. The molecule has 0 aliphatic carbocycles. The summed E-state index contributed by atoms with van der Waals surface area (Å²) in [7, 11) is -3.57. The maximum absolute atomic E-state index is 13.1. The molecule has 0 saturated carbocycles. The Labute approximate surface area is 227 Å². The molecule has 4 heterocycles. The Hall–Kier alpha value is -3.84. The Morgan fingerprint density at radius 3 is 2.31 bits per heavy atom. The molecule has 5 rings (SSSR count). The third kappa shape index (κ3) is 6.60. The number of nitrogens with zero attached hydrogens (tertiary/aromatic N) is 7. The highest BCUT2D eigenvalue weighted by Crippen LogP contribution is 2.20. The van der Waals surface area contributed by atoms with E-state index in [9.17, 15) is 8.42 Å². The third-order valence-electron chi connectivity index (χ3n) is 6.41. The average Bonchev–Trinajstić information content (AvgIpc) is 2.94. The van der Waals surface area contributed by atoms with E-state index in [0.717, 1.165) is 11.3 Å². The van der Waals surface area contributed by atoms with Crippen molar-refractivity contribution in [3.05, 3.63) is 84.1 Å². The molecule has 11 nitrogen and oxygen atoms in total. The number of aryl methyl sites for hydroxylation is 1. The number of aliphatic hydroxyl groups is 1. The van der Waals surface area contributed by atoms with Gasteiger partial charge in [-0.25, -0.2) is 33.3 Å². The molecule has 202 valence electrons. The number of rotatable bonds is 9. The van der Waals surface area contributed by atoms with Crippen LogP contribution in [0.2, 0.25) is 0 Å². The molecule has 1 aromatic carbocycles. The van der Waals surface area contributed by atoms with Gasteiger partial charge in [0.2, 0.25) is 10.0 Å². The Kier molecular flexibility index (Phi) is 8.17. The molecule has 1 fully saturated rings. The van der Waals surface area contributed by atoms with E-state index in [1.165, 1.54) is 4.31 Å². The fraction of sp³-hybridized carbons (Fsp3) is 0.296. The first-order valence-corrected chi connectivity index (χ1v) is 14.1. The molecule has 1 aliphatic heterocycles. The van der Waals surface area contributed by atoms with Crippen LogP contribution in [0.5, 0.6) is 0 Å². The SMILES string of the molecule is Cc1cccc(-c2nccc(Nc3ccnc(Cc4ccc(S(=O)(=O)N5CCN(CCO)CC5)cc4)n3)n2)n1. The van der Waals surface area contributed by atoms with Crippen LogP contribution in [-0.2, 0) is 16.4 Å². The summed E-state index contributed by atoms with van der Waals surface area (Å²) < 4.78 is 27.7. The van der Waals surface area contributed by atoms with Crippen molar-refractivity contribution in [3.8, 4) is 11.5 Å². The first-order chi connectivity index (χ1) is 18.9. The molecule has 0 radical (unpaired) electrons. The highest BCUT2D eigenvalue weighted by atomic mass is 32.2. The predicted octanol–water partition coefficient (Wildman–Crippen LogP) is 2.27. The van der Waals surface area contributed by atoms with Crippen molar-refractivity contribution in [2.24, 2.45) is 0 Å². The topological polar surface area (TPSA) is 137 Å². The molecule has 0 bridgehead atoms. The summed E-state index contributed by atoms with van der Waals surface area (Å²) in [4.78, 5) is 24.7. The van der Waals surface area contributed by atoms with Gasteiger partial charge in [0, 0.05) is 57.2 Å². The number of aromatic nitrogens is 5. The molecule has 12 heteroatoms. The summed E-state index contributed by atoms with van der Waals surface area (Å²) >= 11 is 0. The molecular formula is C27H30N8O3S. The van der Waals surface area contributed by atoms with Gasteiger partial charge in [-0.05, 0) is 48.9 Å². The lowest BCUT2D eigenvalue weighted by Gasteiger charge is -2.33. The zero-order chi connectivity index (χ0) is 27.2. The monoisotopic (exact) mass is 546 g/mol. The smallest absolute Gasteiger partial charge is 0.243 e. The molecule has 0 unspecified atom stereocenters. The van der Waals surface area contributed by atoms with Gasteiger partial charge in [0.15, 0.2) is 5.82 Å². The van der Waals surface area contributed by atoms with Crippen LogP contribution in [0.4, 0.5) is 11.6 Å². The molecule has 0 spiro atoms. The van der Waals surface area contributed by atoms with Gasteiger partial charge in [0.05, 0.1) is 11.5 Å². The quantitative estimate of drug-likeness (QED) is 0.322. The number of nitrogens with one attached hydrogen (secondary N) is 1. The van der Waals surface area contributed by atoms with E-state index in [1.54, 1.807) is 48.8 Å². The van der Waals surface area contributed by atoms with Crippen molar-refractivity contribution in [1.29, 1.82) is 0 Å². The third-order valence-corrected chi connectivity index (χ3v) is 8.32. The first kappa shape index (κ1) is 26.8. The highest BCUT2D eigenvalue weighted by molar-refractivity contribution is 7.89. The van der Waals surface area contributed by atoms with Crippen LogP contribution >= 0.6 is 0 Å². The predicted molar refractivity (Wildman–Crippen MR) is 147 cm³/mol. The van der Waals surface area contributed by atoms with Crippen molar-refractivity contribution in [1.82, 2.24) is 34.1 Å². The number of hydrogen-bond donors (Lipinski definition) is 2. The number of benzene rings is 1. The summed E-state index contributed by atoms with van der Waals surface area (Å²) in [5.74, 6) is 2.27. The van der Waals surface area contributed by atoms with E-state index < -0.39 is 10.0 Å². The van der Waals surface area contributed by atoms with Gasteiger partial charge in [-0.1, -0.05) is 18.2 Å². The molecule has 1 aliphatic rings. The minimum Gasteiger partial charge on any atom is -0.395 e. The highest BCUT2D eigenvalue weighted by Gasteiger charge is 2.28. The molecular weight excluding hydrogens is 516 g/mol. The summed E-state index contributed by atoms with van der Waals surface area (Å²) in [6, 6.07) is 16.1. The van der Waals surface area contributed by atoms with Gasteiger partial charge >= 0.3 is 0 Å². The molecule has 0 atom stereocenters. The Morgan fingerprint density at radius 2 is 1.59 bits per heavy atom. The van der Waals surface area contributed by atoms with Crippen molar-refractivity contribution in [2.75, 3.05) is 44.6 Å². The van der Waals surface area contributed by atoms with Crippen LogP contribution in [0.3, 0.4) is 0 Å². The number of β-amino-alcohol motifs (C(OH)–C–C–N with tert-alkyl or cyclic N) is 1. The summed E-state index contributed by atoms with van der Waals surface area (Å²) in [5.41, 5.74) is 2.47. The zero-order valence-electron chi connectivity index (χ0n) is 21.6. The number of pyridine rings is 1. The Bertz CT molecular complexity index is 1520. The Morgan fingerprint density at radius 1 is 0.872 bits per heavy atom. The number of hydrogen-bond acceptors (Lipinski definition) is 10. The molecule has 4 aromatic rings. The zero-order valence-corrected chi connectivity index (χ0v) is 22.4. The summed E-state index contributed by atoms with van der Waals surface area (Å²) in [6.45, 7) is 4.59. The van der Waals surface area contributed by atoms with E-state index in [4.69, 9.17) is 5.11 Å². The van der Waals surface area contributed by atoms with Crippen LogP contribution in [0.25, 0.3) is 11.5 Å². The second-order valence-corrected chi connectivity index (χ2v) is 11.1. The second kappa shape index (κ2) is 11.9. The largest absolute Gasteiger partial charge is 0.395 e. The molecule has 1 saturated heterocycles. The van der Waals surface area contributed by atoms with Gasteiger partial charge in [-0.15, -0.1) is 0 Å². The van der Waals surface area contributed by atoms with Crippen LogP contribution < -0.4 is 5.32 Å². The van der Waals surface area contributed by atoms with E-state index in [0.29, 0.717) is 68.1 Å². The van der Waals surface area contributed by atoms with Gasteiger partial charge < -0.3 is 10.4 Å². The lowest BCUT2D eigenvalue weighted by molar-refractivity contribution is 0.151. The standard InChI is InChI=1S/C27H30N8O3S/c1-20-3-2-4-23(30-20)27-29-12-10-25(33-27)31-24-9-11-28-26(32-24)19-21-5-7-22(8-6-21)39(37,38)35-15-13-34(14-16-35)17-18-36/h2-12,36H,13-19H2,1H3,(H,28,29,31,32,33). The van der Waals surface area contributed by atoms with Gasteiger partial charge in [-0.2, -0.15) is 4.31 Å². The molecule has 0 amide bonds. The van der Waals surface area contributed by atoms with Crippen molar-refractivity contribution in [3.63, 3.8) is 0 Å². The van der Waals surface area contributed by atoms with Crippen molar-refractivity contribution < 1.29 is 13.5 Å². The van der Waals surface area contributed by atoms with Crippen LogP contribution in [-0.4, -0.2) is 87.0 Å². The maximum atomic E-state index is 13.1. The second-order valence-electron chi connectivity index (χ2n) is 9.20. The van der Waals surface area contributed by atoms with Crippen molar-refractivity contribution >= 4 is 21.7 Å². The minimum absolute atomic E-state index is 0.0736. The van der Waals surface area contributed by atoms with Crippen molar-refractivity contribution in [2.45, 2.75) is 18.2 Å². The van der Waals surface area contributed by atoms with Crippen LogP contribution in [0, 0.1) is 6.92 Å². The number of anilines is 2. The number of aliphatic hydroxyl groups excluding tert-OH is 1. The fourth-order valence-corrected chi connectivity index (χ4v) is 5.77. The molecule has 39 heavy (non-hydrogen) atoms. The summed E-state index contributed by atoms with van der Waals surface area (Å²) in [5, 5.41) is 12.3. The van der Waals surface area contributed by atoms with Gasteiger partial charge in [0.25, 0.3) is 0 Å². The van der Waals surface area contributed by atoms with Gasteiger partial charge in [-0.3, -0.25) is 4.90 Å². The minimum atomic E-state index is -3.57. The van der Waals surface area contributed by atoms with Gasteiger partial charge in [0.1, 0.15) is 23.2 Å². The fourth-order valence-electron chi connectivity index (χ4n) is 4.35. The first-order valence-electron chi connectivity index (χ1n) is 12.7. The summed E-state index contributed by atoms with van der Waals surface area (Å²) in [6.07, 6.45) is 3.78. The van der Waals surface area contributed by atoms with E-state index in [1.807, 2.05) is 25.1 Å².